The van der Waals surface area contributed by atoms with Gasteiger partial charge in [0.25, 0.3) is 5.91 Å². The Morgan fingerprint density at radius 1 is 1.18 bits per heavy atom. The van der Waals surface area contributed by atoms with E-state index in [4.69, 9.17) is 0 Å². The Kier molecular flexibility index (Phi) is 5.41. The van der Waals surface area contributed by atoms with Gasteiger partial charge in [-0.3, -0.25) is 4.79 Å². The summed E-state index contributed by atoms with van der Waals surface area (Å²) >= 11 is 0. The molecule has 6 heteroatoms. The number of carbonyl (C=O) groups excluding carboxylic acids is 1. The molecule has 0 aliphatic carbocycles. The van der Waals surface area contributed by atoms with Gasteiger partial charge >= 0.3 is 0 Å². The van der Waals surface area contributed by atoms with E-state index in [1.54, 1.807) is 6.07 Å². The first-order valence-corrected chi connectivity index (χ1v) is 7.22. The van der Waals surface area contributed by atoms with E-state index in [9.17, 15) is 9.18 Å². The molecule has 0 unspecified atom stereocenters. The van der Waals surface area contributed by atoms with Crippen LogP contribution in [0.2, 0.25) is 0 Å². The smallest absolute Gasteiger partial charge is 0.256 e. The lowest BCUT2D eigenvalue weighted by Crippen LogP contribution is -2.20. The lowest BCUT2D eigenvalue weighted by molar-refractivity contribution is 0.102. The third-order valence-corrected chi connectivity index (χ3v) is 3.24. The summed E-state index contributed by atoms with van der Waals surface area (Å²) in [7, 11) is 1.95. The van der Waals surface area contributed by atoms with Gasteiger partial charge in [-0.1, -0.05) is 13.3 Å². The van der Waals surface area contributed by atoms with Crippen molar-refractivity contribution in [1.82, 2.24) is 10.2 Å². The Morgan fingerprint density at radius 2 is 1.91 bits per heavy atom. The Morgan fingerprint density at radius 3 is 2.50 bits per heavy atom. The Labute approximate surface area is 129 Å². The predicted octanol–water partition coefficient (Wildman–Crippen LogP) is 3.10. The van der Waals surface area contributed by atoms with Gasteiger partial charge in [0.05, 0.1) is 0 Å². The number of benzene rings is 1. The standard InChI is InChI=1S/C16H19FN4O/c1-3-4-11-21(2)15-10-9-14(19-20-15)18-16(22)12-5-7-13(17)8-6-12/h5-10H,3-4,11H2,1-2H3,(H,18,19,22). The highest BCUT2D eigenvalue weighted by atomic mass is 19.1. The van der Waals surface area contributed by atoms with Gasteiger partial charge in [-0.05, 0) is 42.8 Å². The second-order valence-electron chi connectivity index (χ2n) is 5.01. The molecule has 0 aliphatic rings. The molecule has 0 fully saturated rings. The first-order valence-electron chi connectivity index (χ1n) is 7.22. The van der Waals surface area contributed by atoms with Gasteiger partial charge in [-0.15, -0.1) is 10.2 Å². The molecule has 1 aromatic carbocycles. The van der Waals surface area contributed by atoms with Crippen molar-refractivity contribution in [1.29, 1.82) is 0 Å². The SMILES string of the molecule is CCCCN(C)c1ccc(NC(=O)c2ccc(F)cc2)nn1. The highest BCUT2D eigenvalue weighted by Gasteiger charge is 2.08. The van der Waals surface area contributed by atoms with Gasteiger partial charge in [-0.25, -0.2) is 4.39 Å². The normalized spacial score (nSPS) is 10.3. The number of amides is 1. The van der Waals surface area contributed by atoms with Crippen LogP contribution in [0.1, 0.15) is 30.1 Å². The van der Waals surface area contributed by atoms with E-state index in [1.807, 2.05) is 18.0 Å². The van der Waals surface area contributed by atoms with E-state index in [1.165, 1.54) is 24.3 Å². The van der Waals surface area contributed by atoms with Crippen LogP contribution in [0.4, 0.5) is 16.0 Å². The summed E-state index contributed by atoms with van der Waals surface area (Å²) in [5.41, 5.74) is 0.368. The van der Waals surface area contributed by atoms with E-state index in [2.05, 4.69) is 22.4 Å². The van der Waals surface area contributed by atoms with Crippen LogP contribution in [0.25, 0.3) is 0 Å². The summed E-state index contributed by atoms with van der Waals surface area (Å²) in [6.45, 7) is 3.04. The van der Waals surface area contributed by atoms with Crippen molar-refractivity contribution in [2.45, 2.75) is 19.8 Å². The maximum atomic E-state index is 12.8. The van der Waals surface area contributed by atoms with Gasteiger partial charge in [0.2, 0.25) is 0 Å². The summed E-state index contributed by atoms with van der Waals surface area (Å²) in [5, 5.41) is 10.7. The number of carbonyl (C=O) groups is 1. The molecule has 116 valence electrons. The highest BCUT2D eigenvalue weighted by molar-refractivity contribution is 6.03. The van der Waals surface area contributed by atoms with Crippen molar-refractivity contribution in [3.05, 3.63) is 47.8 Å². The van der Waals surface area contributed by atoms with Gasteiger partial charge in [0, 0.05) is 19.2 Å². The monoisotopic (exact) mass is 302 g/mol. The number of nitrogens with one attached hydrogen (secondary N) is 1. The highest BCUT2D eigenvalue weighted by Crippen LogP contribution is 2.12. The van der Waals surface area contributed by atoms with E-state index in [0.717, 1.165) is 25.2 Å². The van der Waals surface area contributed by atoms with Gasteiger partial charge in [0.1, 0.15) is 5.82 Å². The molecular formula is C16H19FN4O. The molecule has 0 atom stereocenters. The number of anilines is 2. The molecule has 0 bridgehead atoms. The van der Waals surface area contributed by atoms with Crippen molar-refractivity contribution in [2.24, 2.45) is 0 Å². The molecule has 5 nitrogen and oxygen atoms in total. The second-order valence-corrected chi connectivity index (χ2v) is 5.01. The van der Waals surface area contributed by atoms with Crippen molar-refractivity contribution >= 4 is 17.5 Å². The molecule has 22 heavy (non-hydrogen) atoms. The van der Waals surface area contributed by atoms with E-state index in [0.29, 0.717) is 11.4 Å². The third-order valence-electron chi connectivity index (χ3n) is 3.24. The average Bonchev–Trinajstić information content (AvgIpc) is 2.54. The number of aromatic nitrogens is 2. The number of nitrogens with zero attached hydrogens (tertiary/aromatic N) is 3. The molecule has 1 aromatic heterocycles. The molecule has 0 saturated carbocycles. The van der Waals surface area contributed by atoms with Crippen LogP contribution < -0.4 is 10.2 Å². The average molecular weight is 302 g/mol. The zero-order chi connectivity index (χ0) is 15.9. The van der Waals surface area contributed by atoms with Crippen molar-refractivity contribution in [3.8, 4) is 0 Å². The van der Waals surface area contributed by atoms with Crippen LogP contribution in [0.3, 0.4) is 0 Å². The number of hydrogen-bond donors (Lipinski definition) is 1. The molecule has 2 rings (SSSR count). The molecule has 0 spiro atoms. The summed E-state index contributed by atoms with van der Waals surface area (Å²) in [4.78, 5) is 14.0. The molecule has 1 amide bonds. The van der Waals surface area contributed by atoms with Crippen LogP contribution in [0.5, 0.6) is 0 Å². The fraction of sp³-hybridized carbons (Fsp3) is 0.312. The molecule has 2 aromatic rings. The Balaban J connectivity index is 1.98. The number of hydrogen-bond acceptors (Lipinski definition) is 4. The van der Waals surface area contributed by atoms with Crippen LogP contribution in [-0.4, -0.2) is 29.7 Å². The maximum Gasteiger partial charge on any atom is 0.256 e. The van der Waals surface area contributed by atoms with Crippen LogP contribution >= 0.6 is 0 Å². The number of halogens is 1. The molecule has 0 radical (unpaired) electrons. The maximum absolute atomic E-state index is 12.8. The largest absolute Gasteiger partial charge is 0.358 e. The number of rotatable bonds is 6. The van der Waals surface area contributed by atoms with E-state index < -0.39 is 0 Å². The topological polar surface area (TPSA) is 58.1 Å². The summed E-state index contributed by atoms with van der Waals surface area (Å²) in [6.07, 6.45) is 2.20. The second kappa shape index (κ2) is 7.49. The fourth-order valence-electron chi connectivity index (χ4n) is 1.90. The minimum absolute atomic E-state index is 0.346. The quantitative estimate of drug-likeness (QED) is 0.891. The van der Waals surface area contributed by atoms with Crippen molar-refractivity contribution in [2.75, 3.05) is 23.8 Å². The lowest BCUT2D eigenvalue weighted by atomic mass is 10.2. The lowest BCUT2D eigenvalue weighted by Gasteiger charge is -2.16. The first-order chi connectivity index (χ1) is 10.6. The minimum atomic E-state index is -0.379. The van der Waals surface area contributed by atoms with Crippen LogP contribution in [-0.2, 0) is 0 Å². The zero-order valence-electron chi connectivity index (χ0n) is 12.7. The van der Waals surface area contributed by atoms with Gasteiger partial charge in [-0.2, -0.15) is 0 Å². The van der Waals surface area contributed by atoms with Gasteiger partial charge in [0.15, 0.2) is 11.6 Å². The third kappa shape index (κ3) is 4.25. The number of unbranched alkanes of at least 4 members (excludes halogenated alkanes) is 1. The van der Waals surface area contributed by atoms with E-state index in [-0.39, 0.29) is 11.7 Å². The molecule has 0 aliphatic heterocycles. The van der Waals surface area contributed by atoms with Crippen molar-refractivity contribution < 1.29 is 9.18 Å². The fourth-order valence-corrected chi connectivity index (χ4v) is 1.90. The molecular weight excluding hydrogens is 283 g/mol. The van der Waals surface area contributed by atoms with E-state index >= 15 is 0 Å². The molecule has 1 heterocycles. The zero-order valence-corrected chi connectivity index (χ0v) is 12.7. The Hall–Kier alpha value is -2.50. The first kappa shape index (κ1) is 15.9. The van der Waals surface area contributed by atoms with Crippen LogP contribution in [0, 0.1) is 5.82 Å². The molecule has 0 saturated heterocycles. The minimum Gasteiger partial charge on any atom is -0.358 e. The predicted molar refractivity (Wildman–Crippen MR) is 84.6 cm³/mol. The Bertz CT molecular complexity index is 613. The summed E-state index contributed by atoms with van der Waals surface area (Å²) in [6, 6.07) is 8.84. The summed E-state index contributed by atoms with van der Waals surface area (Å²) < 4.78 is 12.8. The van der Waals surface area contributed by atoms with Gasteiger partial charge < -0.3 is 10.2 Å². The van der Waals surface area contributed by atoms with Crippen LogP contribution in [0.15, 0.2) is 36.4 Å². The summed E-state index contributed by atoms with van der Waals surface area (Å²) in [5.74, 6) is 0.396. The molecule has 1 N–H and O–H groups in total. The van der Waals surface area contributed by atoms with Crippen molar-refractivity contribution in [3.63, 3.8) is 0 Å².